The Bertz CT molecular complexity index is 613. The van der Waals surface area contributed by atoms with Gasteiger partial charge in [0, 0.05) is 0 Å². The second-order valence-corrected chi connectivity index (χ2v) is 3.74. The number of nitrogens with two attached hydrogens (primary N) is 1. The second kappa shape index (κ2) is 6.62. The lowest BCUT2D eigenvalue weighted by Gasteiger charge is -2.03. The molecule has 108 valence electrons. The maximum Gasteiger partial charge on any atom is 0.263 e. The number of nitrogens with one attached hydrogen (secondary N) is 1. The lowest BCUT2D eigenvalue weighted by molar-refractivity contribution is -0.00000530. The summed E-state index contributed by atoms with van der Waals surface area (Å²) in [5, 5.41) is 21.1. The summed E-state index contributed by atoms with van der Waals surface area (Å²) < 4.78 is 6.22. The number of aryl methyl sites for hydroxylation is 1. The summed E-state index contributed by atoms with van der Waals surface area (Å²) in [6.07, 6.45) is 1.52. The number of nitrogens with zero attached hydrogens (tertiary/aromatic N) is 4. The molecule has 20 heavy (non-hydrogen) atoms. The van der Waals surface area contributed by atoms with Crippen LogP contribution in [0.2, 0.25) is 0 Å². The maximum atomic E-state index is 9.60. The molecule has 0 aliphatic heterocycles. The minimum absolute atomic E-state index is 0. The van der Waals surface area contributed by atoms with E-state index >= 15 is 0 Å². The average molecular weight is 298 g/mol. The molecule has 8 nitrogen and oxygen atoms in total. The van der Waals surface area contributed by atoms with Gasteiger partial charge in [0.2, 0.25) is 0 Å². The fourth-order valence-corrected chi connectivity index (χ4v) is 1.40. The summed E-state index contributed by atoms with van der Waals surface area (Å²) in [7, 11) is 1.49. The largest absolute Gasteiger partial charge is 1.00 e. The normalized spacial score (nSPS) is 10.3. The number of rotatable bonds is 4. The first-order valence-corrected chi connectivity index (χ1v) is 5.45. The van der Waals surface area contributed by atoms with Gasteiger partial charge in [-0.15, -0.1) is 10.2 Å². The Morgan fingerprint density at radius 1 is 1.45 bits per heavy atom. The molecule has 9 heteroatoms. The van der Waals surface area contributed by atoms with Gasteiger partial charge in [0.15, 0.2) is 17.3 Å². The van der Waals surface area contributed by atoms with Crippen molar-refractivity contribution in [2.24, 2.45) is 5.10 Å². The number of ether oxygens (including phenoxy) is 1. The first-order valence-electron chi connectivity index (χ1n) is 5.45. The van der Waals surface area contributed by atoms with E-state index in [9.17, 15) is 5.11 Å². The third-order valence-corrected chi connectivity index (χ3v) is 2.45. The van der Waals surface area contributed by atoms with Gasteiger partial charge in [0.1, 0.15) is 0 Å². The highest BCUT2D eigenvalue weighted by Gasteiger charge is 2.03. The monoisotopic (exact) mass is 297 g/mol. The van der Waals surface area contributed by atoms with E-state index < -0.39 is 0 Å². The molecule has 0 aliphatic rings. The van der Waals surface area contributed by atoms with Crippen molar-refractivity contribution in [1.29, 1.82) is 0 Å². The lowest BCUT2D eigenvalue weighted by atomic mass is 10.2. The molecule has 0 amide bonds. The van der Waals surface area contributed by atoms with Crippen molar-refractivity contribution in [3.05, 3.63) is 29.6 Å². The van der Waals surface area contributed by atoms with E-state index in [4.69, 9.17) is 10.6 Å². The molecule has 4 N–H and O–H groups in total. The third kappa shape index (κ3) is 3.29. The first kappa shape index (κ1) is 15.6. The Hall–Kier alpha value is -2.48. The molecule has 0 saturated heterocycles. The van der Waals surface area contributed by atoms with Crippen LogP contribution in [-0.4, -0.2) is 33.3 Å². The van der Waals surface area contributed by atoms with E-state index in [2.05, 4.69) is 20.7 Å². The quantitative estimate of drug-likeness (QED) is 0.326. The second-order valence-electron chi connectivity index (χ2n) is 3.74. The van der Waals surface area contributed by atoms with Gasteiger partial charge in [-0.05, 0) is 30.7 Å². The third-order valence-electron chi connectivity index (χ3n) is 2.45. The Kier molecular flexibility index (Phi) is 5.15. The van der Waals surface area contributed by atoms with E-state index in [-0.39, 0.29) is 18.2 Å². The number of hydrazone groups is 1. The summed E-state index contributed by atoms with van der Waals surface area (Å²) in [5.41, 5.74) is 3.35. The zero-order valence-corrected chi connectivity index (χ0v) is 11.7. The lowest BCUT2D eigenvalue weighted by Crippen LogP contribution is -3.00. The van der Waals surface area contributed by atoms with Crippen LogP contribution in [0, 0.1) is 6.92 Å². The number of aromatic hydroxyl groups is 1. The van der Waals surface area contributed by atoms with Crippen molar-refractivity contribution in [3.8, 4) is 11.5 Å². The standard InChI is InChI=1S/C11H14N6O2.ClH/c1-7-14-16-11(17(7)12)15-13-6-8-3-4-10(19-2)9(18)5-8;/h3-6,18H,12H2,1-2H3,(H,15,16);1H/p-1/b13-6+;. The van der Waals surface area contributed by atoms with Crippen LogP contribution in [0.4, 0.5) is 5.95 Å². The zero-order chi connectivity index (χ0) is 13.8. The van der Waals surface area contributed by atoms with Crippen LogP contribution in [0.1, 0.15) is 11.4 Å². The molecule has 2 rings (SSSR count). The van der Waals surface area contributed by atoms with Crippen molar-refractivity contribution in [1.82, 2.24) is 14.9 Å². The predicted molar refractivity (Wildman–Crippen MR) is 70.8 cm³/mol. The fourth-order valence-electron chi connectivity index (χ4n) is 1.40. The van der Waals surface area contributed by atoms with Crippen molar-refractivity contribution in [2.75, 3.05) is 18.4 Å². The van der Waals surface area contributed by atoms with E-state index in [1.54, 1.807) is 19.1 Å². The van der Waals surface area contributed by atoms with Crippen LogP contribution < -0.4 is 28.4 Å². The van der Waals surface area contributed by atoms with Crippen LogP contribution in [0.5, 0.6) is 11.5 Å². The molecule has 0 radical (unpaired) electrons. The van der Waals surface area contributed by atoms with E-state index in [1.807, 2.05) is 0 Å². The number of hydrogen-bond acceptors (Lipinski definition) is 7. The number of anilines is 1. The number of nitrogen functional groups attached to an aromatic ring is 1. The van der Waals surface area contributed by atoms with Crippen molar-refractivity contribution in [2.45, 2.75) is 6.92 Å². The molecule has 2 aromatic rings. The highest BCUT2D eigenvalue weighted by atomic mass is 35.5. The van der Waals surface area contributed by atoms with Gasteiger partial charge in [-0.1, -0.05) is 0 Å². The van der Waals surface area contributed by atoms with Crippen LogP contribution in [0.25, 0.3) is 0 Å². The molecular weight excluding hydrogens is 284 g/mol. The average Bonchev–Trinajstić information content (AvgIpc) is 2.71. The minimum atomic E-state index is 0. The summed E-state index contributed by atoms with van der Waals surface area (Å²) in [6, 6.07) is 4.93. The highest BCUT2D eigenvalue weighted by molar-refractivity contribution is 5.81. The number of benzene rings is 1. The predicted octanol–water partition coefficient (Wildman–Crippen LogP) is -2.54. The summed E-state index contributed by atoms with van der Waals surface area (Å²) in [6.45, 7) is 1.73. The summed E-state index contributed by atoms with van der Waals surface area (Å²) in [5.74, 6) is 6.99. The van der Waals surface area contributed by atoms with Crippen LogP contribution >= 0.6 is 0 Å². The van der Waals surface area contributed by atoms with Crippen molar-refractivity contribution >= 4 is 12.2 Å². The molecule has 1 aromatic heterocycles. The van der Waals surface area contributed by atoms with Gasteiger partial charge in [0.05, 0.1) is 13.3 Å². The molecule has 1 heterocycles. The molecule has 0 unspecified atom stereocenters. The fraction of sp³-hybridized carbons (Fsp3) is 0.182. The number of phenols is 1. The molecule has 1 aromatic carbocycles. The van der Waals surface area contributed by atoms with E-state index in [1.165, 1.54) is 24.1 Å². The van der Waals surface area contributed by atoms with Gasteiger partial charge in [0.25, 0.3) is 5.95 Å². The van der Waals surface area contributed by atoms with Gasteiger partial charge < -0.3 is 28.1 Å². The molecule has 0 saturated carbocycles. The molecule has 0 atom stereocenters. The smallest absolute Gasteiger partial charge is 0.263 e. The van der Waals surface area contributed by atoms with Crippen molar-refractivity contribution < 1.29 is 22.3 Å². The number of methoxy groups -OCH3 is 1. The summed E-state index contributed by atoms with van der Waals surface area (Å²) in [4.78, 5) is 0. The highest BCUT2D eigenvalue weighted by Crippen LogP contribution is 2.25. The molecule has 0 aliphatic carbocycles. The SMILES string of the molecule is COc1ccc(/C=N/Nc2nnc(C)n2N)cc1O.[Cl-]. The van der Waals surface area contributed by atoms with Gasteiger partial charge in [-0.25, -0.2) is 10.1 Å². The van der Waals surface area contributed by atoms with Crippen LogP contribution in [0.15, 0.2) is 23.3 Å². The minimum Gasteiger partial charge on any atom is -1.00 e. The first-order chi connectivity index (χ1) is 9.11. The number of hydrogen-bond donors (Lipinski definition) is 3. The number of aromatic nitrogens is 3. The Balaban J connectivity index is 0.00000200. The van der Waals surface area contributed by atoms with Crippen molar-refractivity contribution in [3.63, 3.8) is 0 Å². The Morgan fingerprint density at radius 3 is 2.75 bits per heavy atom. The van der Waals surface area contributed by atoms with Gasteiger partial charge >= 0.3 is 0 Å². The Labute approximate surface area is 121 Å². The van der Waals surface area contributed by atoms with E-state index in [0.717, 1.165) is 0 Å². The zero-order valence-electron chi connectivity index (χ0n) is 10.9. The van der Waals surface area contributed by atoms with Gasteiger partial charge in [-0.3, -0.25) is 0 Å². The maximum absolute atomic E-state index is 9.60. The number of phenolic OH excluding ortho intramolecular Hbond substituents is 1. The van der Waals surface area contributed by atoms with Crippen LogP contribution in [-0.2, 0) is 0 Å². The number of halogens is 1. The summed E-state index contributed by atoms with van der Waals surface area (Å²) >= 11 is 0. The molecular formula is C11H14ClN6O2-. The Morgan fingerprint density at radius 2 is 2.20 bits per heavy atom. The molecule has 0 fully saturated rings. The van der Waals surface area contributed by atoms with E-state index in [0.29, 0.717) is 23.1 Å². The van der Waals surface area contributed by atoms with Crippen LogP contribution in [0.3, 0.4) is 0 Å². The topological polar surface area (TPSA) is 111 Å². The molecule has 0 spiro atoms. The molecule has 0 bridgehead atoms. The van der Waals surface area contributed by atoms with Gasteiger partial charge in [-0.2, -0.15) is 5.10 Å².